The number of nitrogens with zero attached hydrogens (tertiary/aromatic N) is 5. The Morgan fingerprint density at radius 2 is 1.89 bits per heavy atom. The van der Waals surface area contributed by atoms with Crippen LogP contribution in [0.4, 0.5) is 4.39 Å². The Hall–Kier alpha value is -3.03. The van der Waals surface area contributed by atoms with Gasteiger partial charge < -0.3 is 9.84 Å². The molecule has 2 heterocycles. The van der Waals surface area contributed by atoms with E-state index in [2.05, 4.69) is 20.4 Å². The van der Waals surface area contributed by atoms with E-state index < -0.39 is 12.3 Å². The van der Waals surface area contributed by atoms with Crippen LogP contribution in [0.1, 0.15) is 25.7 Å². The Labute approximate surface area is 161 Å². The summed E-state index contributed by atoms with van der Waals surface area (Å²) < 4.78 is 22.1. The molecule has 28 heavy (non-hydrogen) atoms. The number of aromatic nitrogens is 5. The quantitative estimate of drug-likeness (QED) is 0.746. The monoisotopic (exact) mass is 381 g/mol. The number of hydrogen-bond donors (Lipinski definition) is 1. The molecular weight excluding hydrogens is 361 g/mol. The molecule has 0 spiro atoms. The number of phenols is 1. The van der Waals surface area contributed by atoms with Gasteiger partial charge >= 0.3 is 0 Å². The summed E-state index contributed by atoms with van der Waals surface area (Å²) in [5, 5.41) is 26.1. The fraction of sp³-hybridized carbons (Fsp3) is 0.400. The smallest absolute Gasteiger partial charge is 0.233 e. The Morgan fingerprint density at radius 1 is 1.04 bits per heavy atom. The third-order valence-electron chi connectivity index (χ3n) is 5.84. The van der Waals surface area contributed by atoms with Crippen molar-refractivity contribution in [2.45, 2.75) is 38.0 Å². The highest BCUT2D eigenvalue weighted by molar-refractivity contribution is 5.68. The molecule has 0 saturated heterocycles. The maximum Gasteiger partial charge on any atom is 0.233 e. The standard InChI is InChI=1S/C20H20FN5O2/c21-20-13-2-1-12(7-13)8-18(20)28-19-6-5-16(24-25-19)15-4-3-14(9-17(15)27)26-10-22-23-11-26/h3-6,9-13,18,20,27H,1-2,7-8H2/t12-,13+,18+,20-/m1/s1. The fourth-order valence-electron chi connectivity index (χ4n) is 4.41. The van der Waals surface area contributed by atoms with Gasteiger partial charge in [-0.25, -0.2) is 4.39 Å². The molecule has 2 aliphatic carbocycles. The number of hydrogen-bond acceptors (Lipinski definition) is 6. The molecule has 2 bridgehead atoms. The largest absolute Gasteiger partial charge is 0.507 e. The van der Waals surface area contributed by atoms with Gasteiger partial charge in [-0.1, -0.05) is 0 Å². The van der Waals surface area contributed by atoms with Crippen LogP contribution in [0.25, 0.3) is 16.9 Å². The third-order valence-corrected chi connectivity index (χ3v) is 5.84. The van der Waals surface area contributed by atoms with Crippen LogP contribution in [0.2, 0.25) is 0 Å². The zero-order valence-electron chi connectivity index (χ0n) is 15.1. The first-order valence-electron chi connectivity index (χ1n) is 9.50. The van der Waals surface area contributed by atoms with Crippen LogP contribution in [0, 0.1) is 11.8 Å². The maximum absolute atomic E-state index is 14.6. The predicted molar refractivity (Wildman–Crippen MR) is 98.8 cm³/mol. The van der Waals surface area contributed by atoms with Crippen molar-refractivity contribution in [3.8, 4) is 28.6 Å². The lowest BCUT2D eigenvalue weighted by molar-refractivity contribution is 0.0223. The molecule has 1 N–H and O–H groups in total. The molecule has 2 aliphatic rings. The molecule has 0 radical (unpaired) electrons. The third kappa shape index (κ3) is 3.08. The van der Waals surface area contributed by atoms with Crippen LogP contribution in [0.5, 0.6) is 11.6 Å². The maximum atomic E-state index is 14.6. The number of halogens is 1. The summed E-state index contributed by atoms with van der Waals surface area (Å²) in [6, 6.07) is 8.59. The lowest BCUT2D eigenvalue weighted by Gasteiger charge is -2.31. The van der Waals surface area contributed by atoms with Crippen LogP contribution in [0.15, 0.2) is 43.0 Å². The molecule has 0 amide bonds. The molecule has 7 nitrogen and oxygen atoms in total. The van der Waals surface area contributed by atoms with E-state index in [0.29, 0.717) is 23.1 Å². The summed E-state index contributed by atoms with van der Waals surface area (Å²) in [6.07, 6.45) is 5.51. The van der Waals surface area contributed by atoms with E-state index in [4.69, 9.17) is 4.74 Å². The molecule has 4 atom stereocenters. The number of benzene rings is 1. The Morgan fingerprint density at radius 3 is 2.64 bits per heavy atom. The fourth-order valence-corrected chi connectivity index (χ4v) is 4.41. The van der Waals surface area contributed by atoms with E-state index in [9.17, 15) is 9.50 Å². The van der Waals surface area contributed by atoms with Gasteiger partial charge in [0.15, 0.2) is 0 Å². The van der Waals surface area contributed by atoms with E-state index in [1.165, 1.54) is 0 Å². The minimum absolute atomic E-state index is 0.0712. The van der Waals surface area contributed by atoms with Crippen LogP contribution >= 0.6 is 0 Å². The van der Waals surface area contributed by atoms with Crippen molar-refractivity contribution >= 4 is 0 Å². The topological polar surface area (TPSA) is 86.0 Å². The van der Waals surface area contributed by atoms with E-state index >= 15 is 0 Å². The van der Waals surface area contributed by atoms with E-state index in [1.807, 2.05) is 6.07 Å². The van der Waals surface area contributed by atoms with Gasteiger partial charge in [0.25, 0.3) is 0 Å². The van der Waals surface area contributed by atoms with Gasteiger partial charge in [-0.15, -0.1) is 20.4 Å². The van der Waals surface area contributed by atoms with Crippen molar-refractivity contribution in [3.05, 3.63) is 43.0 Å². The van der Waals surface area contributed by atoms with Gasteiger partial charge in [0, 0.05) is 17.7 Å². The van der Waals surface area contributed by atoms with Crippen LogP contribution in [-0.2, 0) is 0 Å². The highest BCUT2D eigenvalue weighted by atomic mass is 19.1. The second-order valence-electron chi connectivity index (χ2n) is 7.60. The molecule has 2 fully saturated rings. The zero-order valence-corrected chi connectivity index (χ0v) is 15.1. The molecular formula is C20H20FN5O2. The number of rotatable bonds is 4. The van der Waals surface area contributed by atoms with Crippen molar-refractivity contribution in [1.29, 1.82) is 0 Å². The summed E-state index contributed by atoms with van der Waals surface area (Å²) in [4.78, 5) is 0. The molecule has 2 saturated carbocycles. The Bertz CT molecular complexity index is 963. The van der Waals surface area contributed by atoms with Gasteiger partial charge in [0.2, 0.25) is 5.88 Å². The predicted octanol–water partition coefficient (Wildman–Crippen LogP) is 3.34. The molecule has 8 heteroatoms. The molecule has 1 aromatic carbocycles. The average molecular weight is 381 g/mol. The normalized spacial score (nSPS) is 26.3. The lowest BCUT2D eigenvalue weighted by Crippen LogP contribution is -2.38. The van der Waals surface area contributed by atoms with Crippen molar-refractivity contribution in [2.75, 3.05) is 0 Å². The molecule has 2 aromatic heterocycles. The van der Waals surface area contributed by atoms with E-state index in [0.717, 1.165) is 31.4 Å². The van der Waals surface area contributed by atoms with Crippen molar-refractivity contribution in [2.24, 2.45) is 11.8 Å². The van der Waals surface area contributed by atoms with Crippen molar-refractivity contribution in [3.63, 3.8) is 0 Å². The first kappa shape index (κ1) is 17.1. The number of aromatic hydroxyl groups is 1. The minimum atomic E-state index is -0.936. The van der Waals surface area contributed by atoms with Gasteiger partial charge in [-0.05, 0) is 55.7 Å². The first-order valence-corrected chi connectivity index (χ1v) is 9.50. The van der Waals surface area contributed by atoms with Gasteiger partial charge in [0.1, 0.15) is 30.7 Å². The van der Waals surface area contributed by atoms with Crippen LogP contribution in [0.3, 0.4) is 0 Å². The van der Waals surface area contributed by atoms with Crippen molar-refractivity contribution in [1.82, 2.24) is 25.0 Å². The first-order chi connectivity index (χ1) is 13.7. The van der Waals surface area contributed by atoms with Gasteiger partial charge in [-0.3, -0.25) is 4.57 Å². The Balaban J connectivity index is 1.32. The molecule has 0 aliphatic heterocycles. The second-order valence-corrected chi connectivity index (χ2v) is 7.60. The summed E-state index contributed by atoms with van der Waals surface area (Å²) in [6.45, 7) is 0. The highest BCUT2D eigenvalue weighted by Crippen LogP contribution is 2.44. The molecule has 144 valence electrons. The average Bonchev–Trinajstić information content (AvgIpc) is 3.37. The number of ether oxygens (including phenoxy) is 1. The van der Waals surface area contributed by atoms with Crippen LogP contribution in [-0.4, -0.2) is 42.3 Å². The lowest BCUT2D eigenvalue weighted by atomic mass is 9.85. The Kier molecular flexibility index (Phi) is 4.18. The number of fused-ring (bicyclic) bond motifs is 2. The summed E-state index contributed by atoms with van der Waals surface area (Å²) >= 11 is 0. The van der Waals surface area contributed by atoms with Gasteiger partial charge in [-0.2, -0.15) is 0 Å². The molecule has 3 aromatic rings. The molecule has 5 rings (SSSR count). The van der Waals surface area contributed by atoms with E-state index in [-0.39, 0.29) is 11.7 Å². The summed E-state index contributed by atoms with van der Waals surface area (Å²) in [5.41, 5.74) is 1.80. The number of alkyl halides is 1. The highest BCUT2D eigenvalue weighted by Gasteiger charge is 2.43. The molecule has 0 unspecified atom stereocenters. The van der Waals surface area contributed by atoms with Gasteiger partial charge in [0.05, 0.1) is 11.4 Å². The summed E-state index contributed by atoms with van der Waals surface area (Å²) in [7, 11) is 0. The minimum Gasteiger partial charge on any atom is -0.507 e. The SMILES string of the molecule is Oc1cc(-n2cnnc2)ccc1-c1ccc(O[C@H]2C[C@@H]3CC[C@@H](C3)[C@H]2F)nn1. The van der Waals surface area contributed by atoms with E-state index in [1.54, 1.807) is 41.5 Å². The second kappa shape index (κ2) is 6.85. The summed E-state index contributed by atoms with van der Waals surface area (Å²) in [5.74, 6) is 1.08. The zero-order chi connectivity index (χ0) is 19.1. The van der Waals surface area contributed by atoms with Crippen LogP contribution < -0.4 is 4.74 Å². The number of phenolic OH excluding ortho intramolecular Hbond substituents is 1. The van der Waals surface area contributed by atoms with Crippen molar-refractivity contribution < 1.29 is 14.2 Å².